The summed E-state index contributed by atoms with van der Waals surface area (Å²) in [7, 11) is 3.29. The maximum Gasteiger partial charge on any atom is 0.142 e. The van der Waals surface area contributed by atoms with Gasteiger partial charge in [0.05, 0.1) is 30.8 Å². The van der Waals surface area contributed by atoms with Gasteiger partial charge in [-0.1, -0.05) is 15.9 Å². The monoisotopic (exact) mass is 346 g/mol. The van der Waals surface area contributed by atoms with E-state index in [4.69, 9.17) is 14.5 Å². The van der Waals surface area contributed by atoms with E-state index in [2.05, 4.69) is 27.0 Å². The van der Waals surface area contributed by atoms with Crippen molar-refractivity contribution < 1.29 is 9.47 Å². The summed E-state index contributed by atoms with van der Waals surface area (Å²) in [5.74, 6) is 2.29. The third kappa shape index (κ3) is 2.49. The summed E-state index contributed by atoms with van der Waals surface area (Å²) in [6.45, 7) is 2.04. The van der Waals surface area contributed by atoms with Gasteiger partial charge in [0.2, 0.25) is 0 Å². The van der Waals surface area contributed by atoms with Crippen molar-refractivity contribution in [3.05, 3.63) is 40.4 Å². The quantitative estimate of drug-likeness (QED) is 0.768. The van der Waals surface area contributed by atoms with Gasteiger partial charge in [-0.15, -0.1) is 0 Å². The first-order chi connectivity index (χ1) is 10.1. The predicted octanol–water partition coefficient (Wildman–Crippen LogP) is 4.32. The Morgan fingerprint density at radius 3 is 2.62 bits per heavy atom. The normalized spacial score (nSPS) is 10.9. The Labute approximate surface area is 131 Å². The standard InChI is InChI=1S/C16H15BrN2O2/c1-9-6-10(17)7-13-15(9)19-16(18-13)12-8-11(20-2)4-5-14(12)21-3/h4-8H,1-3H3,(H,18,19). The van der Waals surface area contributed by atoms with Crippen LogP contribution in [0.5, 0.6) is 11.5 Å². The highest BCUT2D eigenvalue weighted by atomic mass is 79.9. The van der Waals surface area contributed by atoms with E-state index in [1.165, 1.54) is 0 Å². The van der Waals surface area contributed by atoms with Crippen LogP contribution in [0.15, 0.2) is 34.8 Å². The summed E-state index contributed by atoms with van der Waals surface area (Å²) < 4.78 is 11.7. The average Bonchev–Trinajstić information content (AvgIpc) is 2.90. The Hall–Kier alpha value is -2.01. The van der Waals surface area contributed by atoms with Crippen molar-refractivity contribution in [2.45, 2.75) is 6.92 Å². The van der Waals surface area contributed by atoms with Gasteiger partial charge < -0.3 is 14.5 Å². The van der Waals surface area contributed by atoms with Gasteiger partial charge in [-0.25, -0.2) is 4.98 Å². The fraction of sp³-hybridized carbons (Fsp3) is 0.188. The summed E-state index contributed by atoms with van der Waals surface area (Å²) in [5, 5.41) is 0. The number of nitrogens with zero attached hydrogens (tertiary/aromatic N) is 1. The molecular weight excluding hydrogens is 332 g/mol. The molecule has 0 aliphatic rings. The number of aromatic amines is 1. The lowest BCUT2D eigenvalue weighted by Crippen LogP contribution is -1.91. The van der Waals surface area contributed by atoms with Crippen molar-refractivity contribution in [3.8, 4) is 22.9 Å². The molecule has 3 rings (SSSR count). The van der Waals surface area contributed by atoms with Crippen LogP contribution in [0.3, 0.4) is 0 Å². The lowest BCUT2D eigenvalue weighted by Gasteiger charge is -2.08. The molecule has 21 heavy (non-hydrogen) atoms. The van der Waals surface area contributed by atoms with E-state index < -0.39 is 0 Å². The average molecular weight is 347 g/mol. The van der Waals surface area contributed by atoms with Crippen LogP contribution in [0.1, 0.15) is 5.56 Å². The minimum atomic E-state index is 0.756. The summed E-state index contributed by atoms with van der Waals surface area (Å²) in [4.78, 5) is 8.04. The van der Waals surface area contributed by atoms with E-state index in [0.29, 0.717) is 0 Å². The SMILES string of the molecule is COc1ccc(OC)c(-c2nc3c(C)cc(Br)cc3[nH]2)c1. The van der Waals surface area contributed by atoms with E-state index in [-0.39, 0.29) is 0 Å². The Bertz CT molecular complexity index is 811. The maximum atomic E-state index is 5.42. The second-order valence-electron chi connectivity index (χ2n) is 4.77. The first-order valence-corrected chi connectivity index (χ1v) is 7.30. The lowest BCUT2D eigenvalue weighted by molar-refractivity contribution is 0.404. The number of aryl methyl sites for hydroxylation is 1. The number of imidazole rings is 1. The highest BCUT2D eigenvalue weighted by Crippen LogP contribution is 2.33. The fourth-order valence-electron chi connectivity index (χ4n) is 2.37. The maximum absolute atomic E-state index is 5.42. The molecule has 0 fully saturated rings. The molecule has 0 atom stereocenters. The van der Waals surface area contributed by atoms with Crippen molar-refractivity contribution >= 4 is 27.0 Å². The molecule has 5 heteroatoms. The fourth-order valence-corrected chi connectivity index (χ4v) is 2.95. The molecule has 0 amide bonds. The Kier molecular flexibility index (Phi) is 3.59. The van der Waals surface area contributed by atoms with Crippen LogP contribution in [0.4, 0.5) is 0 Å². The second kappa shape index (κ2) is 5.41. The molecule has 0 aliphatic heterocycles. The topological polar surface area (TPSA) is 47.1 Å². The van der Waals surface area contributed by atoms with Crippen LogP contribution in [-0.2, 0) is 0 Å². The number of benzene rings is 2. The van der Waals surface area contributed by atoms with Crippen LogP contribution in [0.25, 0.3) is 22.4 Å². The third-order valence-corrected chi connectivity index (χ3v) is 3.86. The zero-order chi connectivity index (χ0) is 15.0. The summed E-state index contributed by atoms with van der Waals surface area (Å²) in [6, 6.07) is 9.74. The molecule has 3 aromatic rings. The van der Waals surface area contributed by atoms with Crippen molar-refractivity contribution in [2.75, 3.05) is 14.2 Å². The summed E-state index contributed by atoms with van der Waals surface area (Å²) >= 11 is 3.51. The number of hydrogen-bond donors (Lipinski definition) is 1. The number of rotatable bonds is 3. The largest absolute Gasteiger partial charge is 0.497 e. The van der Waals surface area contributed by atoms with E-state index in [9.17, 15) is 0 Å². The van der Waals surface area contributed by atoms with Crippen molar-refractivity contribution in [1.82, 2.24) is 9.97 Å². The number of H-pyrrole nitrogens is 1. The van der Waals surface area contributed by atoms with E-state index in [1.54, 1.807) is 14.2 Å². The number of aromatic nitrogens is 2. The van der Waals surface area contributed by atoms with Crippen LogP contribution in [-0.4, -0.2) is 24.2 Å². The highest BCUT2D eigenvalue weighted by molar-refractivity contribution is 9.10. The zero-order valence-corrected chi connectivity index (χ0v) is 13.6. The molecule has 0 radical (unpaired) electrons. The van der Waals surface area contributed by atoms with Crippen LogP contribution < -0.4 is 9.47 Å². The molecule has 0 spiro atoms. The molecule has 0 bridgehead atoms. The van der Waals surface area contributed by atoms with E-state index >= 15 is 0 Å². The zero-order valence-electron chi connectivity index (χ0n) is 12.0. The molecule has 0 aliphatic carbocycles. The van der Waals surface area contributed by atoms with Crippen molar-refractivity contribution in [1.29, 1.82) is 0 Å². The second-order valence-corrected chi connectivity index (χ2v) is 5.69. The Morgan fingerprint density at radius 1 is 1.10 bits per heavy atom. The summed E-state index contributed by atoms with van der Waals surface area (Å²) in [6.07, 6.45) is 0. The van der Waals surface area contributed by atoms with E-state index in [1.807, 2.05) is 31.2 Å². The molecule has 1 aromatic heterocycles. The predicted molar refractivity (Wildman–Crippen MR) is 87.1 cm³/mol. The molecule has 1 heterocycles. The van der Waals surface area contributed by atoms with Crippen molar-refractivity contribution in [3.63, 3.8) is 0 Å². The number of fused-ring (bicyclic) bond motifs is 1. The lowest BCUT2D eigenvalue weighted by atomic mass is 10.2. The van der Waals surface area contributed by atoms with Gasteiger partial charge in [-0.3, -0.25) is 0 Å². The van der Waals surface area contributed by atoms with Gasteiger partial charge in [-0.05, 0) is 42.8 Å². The molecule has 108 valence electrons. The number of nitrogens with one attached hydrogen (secondary N) is 1. The van der Waals surface area contributed by atoms with Gasteiger partial charge >= 0.3 is 0 Å². The number of halogens is 1. The van der Waals surface area contributed by atoms with Gasteiger partial charge in [-0.2, -0.15) is 0 Å². The first-order valence-electron chi connectivity index (χ1n) is 6.50. The minimum Gasteiger partial charge on any atom is -0.497 e. The molecule has 0 unspecified atom stereocenters. The van der Waals surface area contributed by atoms with Crippen molar-refractivity contribution in [2.24, 2.45) is 0 Å². The summed E-state index contributed by atoms with van der Waals surface area (Å²) in [5.41, 5.74) is 3.94. The minimum absolute atomic E-state index is 0.756. The highest BCUT2D eigenvalue weighted by Gasteiger charge is 2.13. The Morgan fingerprint density at radius 2 is 1.90 bits per heavy atom. The van der Waals surface area contributed by atoms with E-state index in [0.717, 1.165) is 44.0 Å². The number of ether oxygens (including phenoxy) is 2. The molecular formula is C16H15BrN2O2. The molecule has 2 aromatic carbocycles. The number of hydrogen-bond acceptors (Lipinski definition) is 3. The van der Waals surface area contributed by atoms with Crippen LogP contribution >= 0.6 is 15.9 Å². The first kappa shape index (κ1) is 13.9. The molecule has 0 saturated carbocycles. The van der Waals surface area contributed by atoms with Crippen LogP contribution in [0, 0.1) is 6.92 Å². The van der Waals surface area contributed by atoms with Gasteiger partial charge in [0, 0.05) is 4.47 Å². The van der Waals surface area contributed by atoms with Gasteiger partial charge in [0.15, 0.2) is 0 Å². The number of methoxy groups -OCH3 is 2. The van der Waals surface area contributed by atoms with Gasteiger partial charge in [0.25, 0.3) is 0 Å². The third-order valence-electron chi connectivity index (χ3n) is 3.40. The molecule has 1 N–H and O–H groups in total. The Balaban J connectivity index is 2.22. The molecule has 0 saturated heterocycles. The van der Waals surface area contributed by atoms with Gasteiger partial charge in [0.1, 0.15) is 17.3 Å². The molecule has 4 nitrogen and oxygen atoms in total. The smallest absolute Gasteiger partial charge is 0.142 e. The van der Waals surface area contributed by atoms with Crippen LogP contribution in [0.2, 0.25) is 0 Å².